The highest BCUT2D eigenvalue weighted by Gasteiger charge is 2.08. The Labute approximate surface area is 158 Å². The molecule has 1 heterocycles. The Balaban J connectivity index is 1.78. The summed E-state index contributed by atoms with van der Waals surface area (Å²) in [6, 6.07) is 13.7. The largest absolute Gasteiger partial charge is 0.497 e. The molecule has 2 aromatic carbocycles. The molecule has 0 aliphatic heterocycles. The van der Waals surface area contributed by atoms with Crippen LogP contribution < -0.4 is 20.1 Å². The molecule has 3 aromatic rings. The van der Waals surface area contributed by atoms with Crippen LogP contribution in [0.3, 0.4) is 0 Å². The molecule has 0 amide bonds. The number of nitrogens with zero attached hydrogens (tertiary/aromatic N) is 3. The van der Waals surface area contributed by atoms with Crippen molar-refractivity contribution in [2.45, 2.75) is 19.8 Å². The number of methoxy groups -OCH3 is 2. The third kappa shape index (κ3) is 4.63. The summed E-state index contributed by atoms with van der Waals surface area (Å²) in [6.07, 6.45) is 1.55. The fourth-order valence-corrected chi connectivity index (χ4v) is 2.55. The molecule has 0 bridgehead atoms. The van der Waals surface area contributed by atoms with E-state index in [1.54, 1.807) is 20.4 Å². The molecule has 0 radical (unpaired) electrons. The Morgan fingerprint density at radius 2 is 1.70 bits per heavy atom. The predicted molar refractivity (Wildman–Crippen MR) is 106 cm³/mol. The van der Waals surface area contributed by atoms with E-state index in [1.165, 1.54) is 5.56 Å². The van der Waals surface area contributed by atoms with Gasteiger partial charge in [-0.25, -0.2) is 0 Å². The molecule has 1 aromatic heterocycles. The Morgan fingerprint density at radius 1 is 0.926 bits per heavy atom. The Bertz CT molecular complexity index is 897. The molecule has 7 heteroatoms. The van der Waals surface area contributed by atoms with E-state index in [1.807, 2.05) is 30.3 Å². The predicted octanol–water partition coefficient (Wildman–Crippen LogP) is 4.50. The van der Waals surface area contributed by atoms with Crippen molar-refractivity contribution < 1.29 is 9.47 Å². The molecule has 0 aliphatic carbocycles. The van der Waals surface area contributed by atoms with Crippen molar-refractivity contribution in [2.24, 2.45) is 0 Å². The summed E-state index contributed by atoms with van der Waals surface area (Å²) in [5.41, 5.74) is 2.90. The van der Waals surface area contributed by atoms with E-state index in [0.717, 1.165) is 11.4 Å². The summed E-state index contributed by atoms with van der Waals surface area (Å²) >= 11 is 0. The summed E-state index contributed by atoms with van der Waals surface area (Å²) in [6.45, 7) is 4.33. The summed E-state index contributed by atoms with van der Waals surface area (Å²) in [7, 11) is 3.23. The molecule has 2 N–H and O–H groups in total. The SMILES string of the molecule is COc1ccc(OC)c(Nc2cnnc(Nc3ccc(C(C)C)cc3)n2)c1. The number of benzene rings is 2. The molecular formula is C20H23N5O2. The first kappa shape index (κ1) is 18.4. The van der Waals surface area contributed by atoms with Crippen molar-refractivity contribution >= 4 is 23.1 Å². The van der Waals surface area contributed by atoms with Crippen LogP contribution in [0.2, 0.25) is 0 Å². The number of hydrogen-bond donors (Lipinski definition) is 2. The minimum absolute atomic E-state index is 0.402. The zero-order valence-electron chi connectivity index (χ0n) is 15.9. The zero-order chi connectivity index (χ0) is 19.2. The van der Waals surface area contributed by atoms with E-state index in [-0.39, 0.29) is 0 Å². The van der Waals surface area contributed by atoms with Crippen molar-refractivity contribution in [1.29, 1.82) is 0 Å². The minimum atomic E-state index is 0.402. The van der Waals surface area contributed by atoms with Gasteiger partial charge in [0.05, 0.1) is 26.1 Å². The molecule has 0 fully saturated rings. The van der Waals surface area contributed by atoms with E-state index >= 15 is 0 Å². The highest BCUT2D eigenvalue weighted by molar-refractivity contribution is 5.66. The van der Waals surface area contributed by atoms with Crippen LogP contribution in [0.5, 0.6) is 11.5 Å². The van der Waals surface area contributed by atoms with Gasteiger partial charge in [-0.3, -0.25) is 0 Å². The quantitative estimate of drug-likeness (QED) is 0.638. The van der Waals surface area contributed by atoms with Crippen molar-refractivity contribution in [3.63, 3.8) is 0 Å². The second kappa shape index (κ2) is 8.35. The highest BCUT2D eigenvalue weighted by Crippen LogP contribution is 2.31. The van der Waals surface area contributed by atoms with E-state index in [4.69, 9.17) is 9.47 Å². The number of rotatable bonds is 7. The van der Waals surface area contributed by atoms with Gasteiger partial charge < -0.3 is 20.1 Å². The normalized spacial score (nSPS) is 10.6. The van der Waals surface area contributed by atoms with Gasteiger partial charge in [0.2, 0.25) is 5.95 Å². The van der Waals surface area contributed by atoms with Gasteiger partial charge in [-0.15, -0.1) is 5.10 Å². The summed E-state index contributed by atoms with van der Waals surface area (Å²) in [5, 5.41) is 14.4. The second-order valence-corrected chi connectivity index (χ2v) is 6.26. The standard InChI is InChI=1S/C20H23N5O2/c1-13(2)14-5-7-15(8-6-14)22-20-24-19(12-21-25-20)23-17-11-16(26-3)9-10-18(17)27-4/h5-13H,1-4H3,(H2,22,23,24,25). The number of nitrogens with one attached hydrogen (secondary N) is 2. The summed E-state index contributed by atoms with van der Waals surface area (Å²) in [5.74, 6) is 2.82. The minimum Gasteiger partial charge on any atom is -0.497 e. The van der Waals surface area contributed by atoms with Crippen LogP contribution in [0.15, 0.2) is 48.7 Å². The third-order valence-electron chi connectivity index (χ3n) is 4.06. The fraction of sp³-hybridized carbons (Fsp3) is 0.250. The molecule has 0 spiro atoms. The lowest BCUT2D eigenvalue weighted by Crippen LogP contribution is -2.03. The van der Waals surface area contributed by atoms with Crippen molar-refractivity contribution in [2.75, 3.05) is 24.9 Å². The van der Waals surface area contributed by atoms with Gasteiger partial charge in [-0.1, -0.05) is 26.0 Å². The molecule has 0 aliphatic rings. The number of hydrogen-bond acceptors (Lipinski definition) is 7. The van der Waals surface area contributed by atoms with Gasteiger partial charge in [0.25, 0.3) is 0 Å². The maximum atomic E-state index is 5.38. The van der Waals surface area contributed by atoms with Crippen molar-refractivity contribution in [3.8, 4) is 11.5 Å². The Hall–Kier alpha value is -3.35. The molecule has 27 heavy (non-hydrogen) atoms. The van der Waals surface area contributed by atoms with Gasteiger partial charge in [-0.2, -0.15) is 10.1 Å². The Morgan fingerprint density at radius 3 is 2.37 bits per heavy atom. The van der Waals surface area contributed by atoms with Crippen molar-refractivity contribution in [3.05, 3.63) is 54.2 Å². The maximum absolute atomic E-state index is 5.38. The van der Waals surface area contributed by atoms with E-state index in [2.05, 4.69) is 51.8 Å². The number of aromatic nitrogens is 3. The Kier molecular flexibility index (Phi) is 5.71. The smallest absolute Gasteiger partial charge is 0.249 e. The monoisotopic (exact) mass is 365 g/mol. The van der Waals surface area contributed by atoms with Crippen LogP contribution >= 0.6 is 0 Å². The topological polar surface area (TPSA) is 81.2 Å². The lowest BCUT2D eigenvalue weighted by molar-refractivity contribution is 0.405. The van der Waals surface area contributed by atoms with E-state index < -0.39 is 0 Å². The molecule has 0 saturated carbocycles. The fourth-order valence-electron chi connectivity index (χ4n) is 2.55. The van der Waals surface area contributed by atoms with Crippen LogP contribution in [0, 0.1) is 0 Å². The first-order chi connectivity index (χ1) is 13.1. The molecule has 0 saturated heterocycles. The molecule has 7 nitrogen and oxygen atoms in total. The molecule has 0 unspecified atom stereocenters. The highest BCUT2D eigenvalue weighted by atomic mass is 16.5. The maximum Gasteiger partial charge on any atom is 0.249 e. The number of anilines is 4. The van der Waals surface area contributed by atoms with Crippen LogP contribution in [0.1, 0.15) is 25.3 Å². The molecular weight excluding hydrogens is 342 g/mol. The zero-order valence-corrected chi connectivity index (χ0v) is 15.9. The van der Waals surface area contributed by atoms with Crippen LogP contribution in [-0.2, 0) is 0 Å². The van der Waals surface area contributed by atoms with Crippen molar-refractivity contribution in [1.82, 2.24) is 15.2 Å². The first-order valence-electron chi connectivity index (χ1n) is 8.65. The summed E-state index contributed by atoms with van der Waals surface area (Å²) < 4.78 is 10.6. The lowest BCUT2D eigenvalue weighted by Gasteiger charge is -2.12. The third-order valence-corrected chi connectivity index (χ3v) is 4.06. The van der Waals surface area contributed by atoms with Crippen LogP contribution in [-0.4, -0.2) is 29.4 Å². The van der Waals surface area contributed by atoms with Gasteiger partial charge in [0, 0.05) is 11.8 Å². The molecule has 0 atom stereocenters. The average Bonchev–Trinajstić information content (AvgIpc) is 2.68. The van der Waals surface area contributed by atoms with Crippen LogP contribution in [0.4, 0.5) is 23.1 Å². The van der Waals surface area contributed by atoms with Gasteiger partial charge in [-0.05, 0) is 35.7 Å². The van der Waals surface area contributed by atoms with Gasteiger partial charge in [0.1, 0.15) is 11.5 Å². The van der Waals surface area contributed by atoms with Crippen LogP contribution in [0.25, 0.3) is 0 Å². The molecule has 3 rings (SSSR count). The van der Waals surface area contributed by atoms with Gasteiger partial charge in [0.15, 0.2) is 5.82 Å². The van der Waals surface area contributed by atoms with E-state index in [9.17, 15) is 0 Å². The molecule has 140 valence electrons. The summed E-state index contributed by atoms with van der Waals surface area (Å²) in [4.78, 5) is 4.46. The second-order valence-electron chi connectivity index (χ2n) is 6.26. The number of ether oxygens (including phenoxy) is 2. The average molecular weight is 365 g/mol. The van der Waals surface area contributed by atoms with Gasteiger partial charge >= 0.3 is 0 Å². The lowest BCUT2D eigenvalue weighted by atomic mass is 10.0. The first-order valence-corrected chi connectivity index (χ1v) is 8.65. The van der Waals surface area contributed by atoms with E-state index in [0.29, 0.717) is 29.2 Å².